The minimum absolute atomic E-state index is 0.0439. The van der Waals surface area contributed by atoms with Crippen LogP contribution in [0.25, 0.3) is 11.4 Å². The number of nitrogens with zero attached hydrogens (tertiary/aromatic N) is 6. The summed E-state index contributed by atoms with van der Waals surface area (Å²) in [7, 11) is 0. The Morgan fingerprint density at radius 3 is 2.44 bits per heavy atom. The maximum absolute atomic E-state index is 12.2. The van der Waals surface area contributed by atoms with E-state index in [-0.39, 0.29) is 5.91 Å². The lowest BCUT2D eigenvalue weighted by molar-refractivity contribution is -0.120. The van der Waals surface area contributed by atoms with Crippen molar-refractivity contribution in [3.05, 3.63) is 84.4 Å². The molecule has 0 saturated carbocycles. The molecule has 2 aromatic carbocycles. The van der Waals surface area contributed by atoms with Crippen molar-refractivity contribution in [1.82, 2.24) is 35.3 Å². The Hall–Kier alpha value is -3.81. The van der Waals surface area contributed by atoms with Crippen molar-refractivity contribution in [1.29, 1.82) is 0 Å². The number of carbonyl (C=O) groups excluding carboxylic acids is 1. The summed E-state index contributed by atoms with van der Waals surface area (Å²) in [5, 5.41) is 18.3. The largest absolute Gasteiger partial charge is 0.352 e. The lowest BCUT2D eigenvalue weighted by Crippen LogP contribution is -2.24. The molecule has 4 aromatic rings. The Morgan fingerprint density at radius 1 is 0.926 bits per heavy atom. The van der Waals surface area contributed by atoms with Crippen LogP contribution in [0.1, 0.15) is 11.1 Å². The first-order chi connectivity index (χ1) is 13.3. The minimum Gasteiger partial charge on any atom is -0.352 e. The SMILES string of the molecule is O=C(Cc1ccc(-n2cnnn2)cc1)NCc1cnn(-c2ccccc2)c1. The first-order valence-electron chi connectivity index (χ1n) is 8.46. The summed E-state index contributed by atoms with van der Waals surface area (Å²) in [6.07, 6.45) is 5.50. The van der Waals surface area contributed by atoms with Gasteiger partial charge in [0.05, 0.1) is 24.0 Å². The Morgan fingerprint density at radius 2 is 1.70 bits per heavy atom. The second-order valence-electron chi connectivity index (χ2n) is 6.00. The molecule has 0 aliphatic heterocycles. The summed E-state index contributed by atoms with van der Waals surface area (Å²) >= 11 is 0. The number of amides is 1. The standard InChI is InChI=1S/C19H17N7O/c27-19(10-15-6-8-18(9-7-15)26-14-21-23-24-26)20-11-16-12-22-25(13-16)17-4-2-1-3-5-17/h1-9,12-14H,10-11H2,(H,20,27). The van der Waals surface area contributed by atoms with E-state index < -0.39 is 0 Å². The topological polar surface area (TPSA) is 90.5 Å². The number of hydrogen-bond donors (Lipinski definition) is 1. The minimum atomic E-state index is -0.0439. The number of nitrogens with one attached hydrogen (secondary N) is 1. The van der Waals surface area contributed by atoms with Crippen LogP contribution in [0.3, 0.4) is 0 Å². The van der Waals surface area contributed by atoms with Gasteiger partial charge in [-0.25, -0.2) is 9.36 Å². The zero-order valence-corrected chi connectivity index (χ0v) is 14.4. The van der Waals surface area contributed by atoms with E-state index in [2.05, 4.69) is 25.9 Å². The Labute approximate surface area is 155 Å². The van der Waals surface area contributed by atoms with Crippen molar-refractivity contribution in [3.8, 4) is 11.4 Å². The van der Waals surface area contributed by atoms with E-state index >= 15 is 0 Å². The van der Waals surface area contributed by atoms with Gasteiger partial charge in [0.1, 0.15) is 6.33 Å². The molecule has 27 heavy (non-hydrogen) atoms. The predicted octanol–water partition coefficient (Wildman–Crippen LogP) is 1.71. The second-order valence-corrected chi connectivity index (χ2v) is 6.00. The number of hydrogen-bond acceptors (Lipinski definition) is 5. The van der Waals surface area contributed by atoms with Crippen molar-refractivity contribution in [2.45, 2.75) is 13.0 Å². The van der Waals surface area contributed by atoms with Gasteiger partial charge in [0.2, 0.25) is 5.91 Å². The lowest BCUT2D eigenvalue weighted by Gasteiger charge is -2.05. The molecule has 8 heteroatoms. The van der Waals surface area contributed by atoms with Crippen molar-refractivity contribution in [3.63, 3.8) is 0 Å². The third-order valence-electron chi connectivity index (χ3n) is 4.06. The number of benzene rings is 2. The molecule has 1 amide bonds. The summed E-state index contributed by atoms with van der Waals surface area (Å²) in [5.41, 5.74) is 3.70. The van der Waals surface area contributed by atoms with E-state index in [9.17, 15) is 4.79 Å². The molecule has 2 aromatic heterocycles. The molecule has 0 radical (unpaired) electrons. The van der Waals surface area contributed by atoms with Crippen molar-refractivity contribution in [2.24, 2.45) is 0 Å². The molecule has 0 aliphatic rings. The summed E-state index contributed by atoms with van der Waals surface area (Å²) in [6.45, 7) is 0.439. The molecule has 0 atom stereocenters. The molecule has 4 rings (SSSR count). The van der Waals surface area contributed by atoms with Gasteiger partial charge in [-0.2, -0.15) is 5.10 Å². The monoisotopic (exact) mass is 359 g/mol. The number of rotatable bonds is 6. The molecular formula is C19H17N7O. The maximum atomic E-state index is 12.2. The molecule has 0 fully saturated rings. The quantitative estimate of drug-likeness (QED) is 0.566. The highest BCUT2D eigenvalue weighted by Gasteiger charge is 2.06. The van der Waals surface area contributed by atoms with Crippen LogP contribution in [0.4, 0.5) is 0 Å². The van der Waals surface area contributed by atoms with Gasteiger partial charge >= 0.3 is 0 Å². The van der Waals surface area contributed by atoms with Gasteiger partial charge in [-0.3, -0.25) is 4.79 Å². The second kappa shape index (κ2) is 7.61. The van der Waals surface area contributed by atoms with Crippen LogP contribution in [-0.2, 0) is 17.8 Å². The zero-order valence-electron chi connectivity index (χ0n) is 14.4. The summed E-state index contributed by atoms with van der Waals surface area (Å²) < 4.78 is 3.35. The van der Waals surface area contributed by atoms with Gasteiger partial charge < -0.3 is 5.32 Å². The summed E-state index contributed by atoms with van der Waals surface area (Å²) in [4.78, 5) is 12.2. The molecule has 0 saturated heterocycles. The van der Waals surface area contributed by atoms with Crippen LogP contribution < -0.4 is 5.32 Å². The first kappa shape index (κ1) is 16.6. The van der Waals surface area contributed by atoms with E-state index in [1.54, 1.807) is 15.6 Å². The highest BCUT2D eigenvalue weighted by molar-refractivity contribution is 5.78. The van der Waals surface area contributed by atoms with Crippen molar-refractivity contribution < 1.29 is 4.79 Å². The number of carbonyl (C=O) groups is 1. The zero-order chi connectivity index (χ0) is 18.5. The number of tetrazole rings is 1. The summed E-state index contributed by atoms with van der Waals surface area (Å²) in [5.74, 6) is -0.0439. The van der Waals surface area contributed by atoms with E-state index in [1.165, 1.54) is 6.33 Å². The third kappa shape index (κ3) is 4.06. The first-order valence-corrected chi connectivity index (χ1v) is 8.46. The number of aromatic nitrogens is 6. The third-order valence-corrected chi connectivity index (χ3v) is 4.06. The molecule has 0 aliphatic carbocycles. The van der Waals surface area contributed by atoms with Crippen molar-refractivity contribution >= 4 is 5.91 Å². The van der Waals surface area contributed by atoms with E-state index in [0.29, 0.717) is 13.0 Å². The smallest absolute Gasteiger partial charge is 0.224 e. The highest BCUT2D eigenvalue weighted by Crippen LogP contribution is 2.09. The van der Waals surface area contributed by atoms with Crippen LogP contribution in [0.5, 0.6) is 0 Å². The maximum Gasteiger partial charge on any atom is 0.224 e. The van der Waals surface area contributed by atoms with E-state index in [4.69, 9.17) is 0 Å². The molecule has 134 valence electrons. The molecule has 0 bridgehead atoms. The normalized spacial score (nSPS) is 10.7. The van der Waals surface area contributed by atoms with Gasteiger partial charge in [0, 0.05) is 18.3 Å². The van der Waals surface area contributed by atoms with Gasteiger partial charge in [-0.1, -0.05) is 30.3 Å². The van der Waals surface area contributed by atoms with Gasteiger partial charge in [0.25, 0.3) is 0 Å². The van der Waals surface area contributed by atoms with Crippen LogP contribution in [0, 0.1) is 0 Å². The van der Waals surface area contributed by atoms with Crippen LogP contribution in [0.15, 0.2) is 73.3 Å². The highest BCUT2D eigenvalue weighted by atomic mass is 16.1. The van der Waals surface area contributed by atoms with E-state index in [1.807, 2.05) is 60.8 Å². The Kier molecular flexibility index (Phi) is 4.69. The Bertz CT molecular complexity index is 1010. The van der Waals surface area contributed by atoms with Gasteiger partial charge in [-0.05, 0) is 40.3 Å². The van der Waals surface area contributed by atoms with Crippen LogP contribution in [-0.4, -0.2) is 35.9 Å². The lowest BCUT2D eigenvalue weighted by atomic mass is 10.1. The molecule has 0 spiro atoms. The fourth-order valence-electron chi connectivity index (χ4n) is 2.67. The van der Waals surface area contributed by atoms with Gasteiger partial charge in [0.15, 0.2) is 0 Å². The van der Waals surface area contributed by atoms with E-state index in [0.717, 1.165) is 22.5 Å². The fraction of sp³-hybridized carbons (Fsp3) is 0.105. The molecule has 2 heterocycles. The predicted molar refractivity (Wildman–Crippen MR) is 98.3 cm³/mol. The molecular weight excluding hydrogens is 342 g/mol. The average molecular weight is 359 g/mol. The Balaban J connectivity index is 1.32. The van der Waals surface area contributed by atoms with Crippen LogP contribution >= 0.6 is 0 Å². The van der Waals surface area contributed by atoms with Crippen LogP contribution in [0.2, 0.25) is 0 Å². The molecule has 1 N–H and O–H groups in total. The summed E-state index contributed by atoms with van der Waals surface area (Å²) in [6, 6.07) is 17.4. The van der Waals surface area contributed by atoms with Crippen molar-refractivity contribution in [2.75, 3.05) is 0 Å². The number of para-hydroxylation sites is 1. The average Bonchev–Trinajstić information content (AvgIpc) is 3.40. The van der Waals surface area contributed by atoms with Gasteiger partial charge in [-0.15, -0.1) is 5.10 Å². The molecule has 0 unspecified atom stereocenters. The molecule has 8 nitrogen and oxygen atoms in total. The fourth-order valence-corrected chi connectivity index (χ4v) is 2.67.